The van der Waals surface area contributed by atoms with Crippen LogP contribution < -0.4 is 4.74 Å². The molecule has 1 aliphatic heterocycles. The third-order valence-corrected chi connectivity index (χ3v) is 9.57. The average molecular weight is 600 g/mol. The normalized spacial score (nSPS) is 15.0. The molecule has 0 fully saturated rings. The Morgan fingerprint density at radius 1 is 0.907 bits per heavy atom. The minimum atomic E-state index is -3.66. The van der Waals surface area contributed by atoms with Crippen molar-refractivity contribution in [2.45, 2.75) is 31.2 Å². The number of esters is 1. The van der Waals surface area contributed by atoms with Gasteiger partial charge in [-0.05, 0) is 64.4 Å². The van der Waals surface area contributed by atoms with Crippen molar-refractivity contribution in [2.75, 3.05) is 26.8 Å². The Hall–Kier alpha value is -4.54. The van der Waals surface area contributed by atoms with Crippen LogP contribution in [0, 0.1) is 0 Å². The zero-order valence-corrected chi connectivity index (χ0v) is 25.1. The number of methoxy groups -OCH3 is 1. The van der Waals surface area contributed by atoms with Gasteiger partial charge in [-0.3, -0.25) is 4.79 Å². The first kappa shape index (κ1) is 29.9. The molecule has 4 aromatic rings. The number of rotatable bonds is 10. The number of carbonyl (C=O) groups excluding carboxylic acids is 2. The highest BCUT2D eigenvalue weighted by molar-refractivity contribution is 7.89. The molecule has 0 aliphatic carbocycles. The van der Waals surface area contributed by atoms with E-state index in [0.29, 0.717) is 25.3 Å². The van der Waals surface area contributed by atoms with E-state index in [1.807, 2.05) is 60.7 Å². The van der Waals surface area contributed by atoms with Crippen molar-refractivity contribution in [3.05, 3.63) is 108 Å². The number of ether oxygens (including phenoxy) is 2. The van der Waals surface area contributed by atoms with E-state index in [9.17, 15) is 18.0 Å². The number of sulfonamides is 1. The van der Waals surface area contributed by atoms with Crippen molar-refractivity contribution in [1.29, 1.82) is 0 Å². The lowest BCUT2D eigenvalue weighted by atomic mass is 9.97. The van der Waals surface area contributed by atoms with Crippen LogP contribution in [0.5, 0.6) is 5.75 Å². The highest BCUT2D eigenvalue weighted by atomic mass is 32.2. The largest absolute Gasteiger partial charge is 0.497 e. The van der Waals surface area contributed by atoms with E-state index >= 15 is 0 Å². The molecule has 1 atom stereocenters. The Bertz CT molecular complexity index is 1760. The second-order valence-corrected chi connectivity index (χ2v) is 12.0. The van der Waals surface area contributed by atoms with Crippen LogP contribution >= 0.6 is 0 Å². The van der Waals surface area contributed by atoms with Gasteiger partial charge < -0.3 is 9.47 Å². The van der Waals surface area contributed by atoms with Crippen molar-refractivity contribution in [3.63, 3.8) is 0 Å². The summed E-state index contributed by atoms with van der Waals surface area (Å²) in [6, 6.07) is 26.6. The fourth-order valence-electron chi connectivity index (χ4n) is 5.12. The first-order chi connectivity index (χ1) is 20.7. The Morgan fingerprint density at radius 3 is 2.23 bits per heavy atom. The smallest absolute Gasteiger partial charge is 0.338 e. The highest BCUT2D eigenvalue weighted by Crippen LogP contribution is 2.34. The van der Waals surface area contributed by atoms with Gasteiger partial charge in [-0.1, -0.05) is 62.4 Å². The molecule has 0 aromatic heterocycles. The summed E-state index contributed by atoms with van der Waals surface area (Å²) in [5.41, 5.74) is 2.66. The Morgan fingerprint density at radius 2 is 1.58 bits per heavy atom. The maximum Gasteiger partial charge on any atom is 0.338 e. The van der Waals surface area contributed by atoms with Gasteiger partial charge in [0.2, 0.25) is 10.0 Å². The summed E-state index contributed by atoms with van der Waals surface area (Å²) in [7, 11) is -2.07. The van der Waals surface area contributed by atoms with Gasteiger partial charge in [-0.25, -0.2) is 18.2 Å². The van der Waals surface area contributed by atoms with Gasteiger partial charge in [-0.15, -0.1) is 0 Å². The SMILES string of the molecule is CCN(CC)S(=O)(=O)c1ccc(C(=O)OCC(=O)N2N=C(c3ccc4ccccc4c3)CC2c2ccc(OC)cc2)cc1. The minimum absolute atomic E-state index is 0.0822. The molecule has 0 saturated heterocycles. The second-order valence-electron chi connectivity index (χ2n) is 10.0. The van der Waals surface area contributed by atoms with Crippen LogP contribution in [0.25, 0.3) is 10.8 Å². The molecule has 0 radical (unpaired) electrons. The van der Waals surface area contributed by atoms with Gasteiger partial charge in [0.25, 0.3) is 5.91 Å². The maximum atomic E-state index is 13.4. The van der Waals surface area contributed by atoms with Crippen molar-refractivity contribution >= 4 is 38.4 Å². The summed E-state index contributed by atoms with van der Waals surface area (Å²) >= 11 is 0. The number of nitrogens with zero attached hydrogens (tertiary/aromatic N) is 3. The first-order valence-corrected chi connectivity index (χ1v) is 15.5. The van der Waals surface area contributed by atoms with Crippen molar-refractivity contribution < 1.29 is 27.5 Å². The summed E-state index contributed by atoms with van der Waals surface area (Å²) < 4.78 is 37.5. The number of carbonyl (C=O) groups is 2. The summed E-state index contributed by atoms with van der Waals surface area (Å²) in [4.78, 5) is 26.3. The van der Waals surface area contributed by atoms with E-state index in [4.69, 9.17) is 14.6 Å². The maximum absolute atomic E-state index is 13.4. The molecule has 10 heteroatoms. The zero-order valence-electron chi connectivity index (χ0n) is 24.3. The predicted molar refractivity (Wildman–Crippen MR) is 165 cm³/mol. The fourth-order valence-corrected chi connectivity index (χ4v) is 6.58. The fraction of sp³-hybridized carbons (Fsp3) is 0.242. The first-order valence-electron chi connectivity index (χ1n) is 14.0. The number of hydrazone groups is 1. The standard InChI is InChI=1S/C33H33N3O6S/c1-4-35(5-2)43(39,40)29-18-14-25(15-19-29)33(38)42-22-32(37)36-31(24-12-16-28(41-3)17-13-24)21-30(34-36)27-11-10-23-8-6-7-9-26(23)20-27/h6-20,31H,4-5,21-22H2,1-3H3. The predicted octanol–water partition coefficient (Wildman–Crippen LogP) is 5.41. The zero-order chi connectivity index (χ0) is 30.6. The molecule has 9 nitrogen and oxygen atoms in total. The second kappa shape index (κ2) is 12.8. The van der Waals surface area contributed by atoms with Crippen LogP contribution in [0.3, 0.4) is 0 Å². The van der Waals surface area contributed by atoms with E-state index in [-0.39, 0.29) is 10.5 Å². The van der Waals surface area contributed by atoms with E-state index in [1.54, 1.807) is 21.0 Å². The lowest BCUT2D eigenvalue weighted by Gasteiger charge is -2.22. The van der Waals surface area contributed by atoms with Crippen LogP contribution in [0.4, 0.5) is 0 Å². The molecule has 1 heterocycles. The van der Waals surface area contributed by atoms with Gasteiger partial charge >= 0.3 is 5.97 Å². The van der Waals surface area contributed by atoms with Gasteiger partial charge in [-0.2, -0.15) is 9.41 Å². The molecule has 0 bridgehead atoms. The number of hydrogen-bond donors (Lipinski definition) is 0. The minimum Gasteiger partial charge on any atom is -0.497 e. The van der Waals surface area contributed by atoms with Crippen molar-refractivity contribution in [3.8, 4) is 5.75 Å². The van der Waals surface area contributed by atoms with Gasteiger partial charge in [0.1, 0.15) is 5.75 Å². The summed E-state index contributed by atoms with van der Waals surface area (Å²) in [6.45, 7) is 3.67. The Kier molecular flexibility index (Phi) is 8.89. The molecule has 5 rings (SSSR count). The summed E-state index contributed by atoms with van der Waals surface area (Å²) in [6.07, 6.45) is 0.479. The summed E-state index contributed by atoms with van der Waals surface area (Å²) in [5.74, 6) is -0.523. The van der Waals surface area contributed by atoms with Crippen molar-refractivity contribution in [2.24, 2.45) is 5.10 Å². The topological polar surface area (TPSA) is 106 Å². The number of amides is 1. The van der Waals surface area contributed by atoms with Crippen LogP contribution in [-0.2, 0) is 19.6 Å². The molecule has 1 aliphatic rings. The lowest BCUT2D eigenvalue weighted by molar-refractivity contribution is -0.136. The number of fused-ring (bicyclic) bond motifs is 1. The van der Waals surface area contributed by atoms with Gasteiger partial charge in [0, 0.05) is 19.5 Å². The number of benzene rings is 4. The molecule has 0 spiro atoms. The third-order valence-electron chi connectivity index (χ3n) is 7.51. The molecule has 1 amide bonds. The van der Waals surface area contributed by atoms with Crippen LogP contribution in [-0.4, -0.2) is 62.1 Å². The molecule has 0 N–H and O–H groups in total. The molecule has 1 unspecified atom stereocenters. The molecular formula is C33H33N3O6S. The van der Waals surface area contributed by atoms with Gasteiger partial charge in [0.15, 0.2) is 6.61 Å². The van der Waals surface area contributed by atoms with E-state index in [0.717, 1.165) is 27.6 Å². The molecular weight excluding hydrogens is 566 g/mol. The van der Waals surface area contributed by atoms with Crippen LogP contribution in [0.1, 0.15) is 47.8 Å². The average Bonchev–Trinajstić information content (AvgIpc) is 3.49. The highest BCUT2D eigenvalue weighted by Gasteiger charge is 2.34. The number of hydrogen-bond acceptors (Lipinski definition) is 7. The molecule has 222 valence electrons. The van der Waals surface area contributed by atoms with Crippen molar-refractivity contribution in [1.82, 2.24) is 9.31 Å². The van der Waals surface area contributed by atoms with Crippen LogP contribution in [0.2, 0.25) is 0 Å². The Labute approximate surface area is 251 Å². The van der Waals surface area contributed by atoms with Gasteiger partial charge in [0.05, 0.1) is 29.3 Å². The Balaban J connectivity index is 1.34. The summed E-state index contributed by atoms with van der Waals surface area (Å²) in [5, 5.41) is 8.24. The molecule has 43 heavy (non-hydrogen) atoms. The molecule has 4 aromatic carbocycles. The van der Waals surface area contributed by atoms with Crippen LogP contribution in [0.15, 0.2) is 101 Å². The van der Waals surface area contributed by atoms with E-state index < -0.39 is 34.5 Å². The monoisotopic (exact) mass is 599 g/mol. The quantitative estimate of drug-likeness (QED) is 0.226. The van der Waals surface area contributed by atoms with E-state index in [1.165, 1.54) is 33.6 Å². The molecule has 0 saturated carbocycles. The lowest BCUT2D eigenvalue weighted by Crippen LogP contribution is -2.31. The third kappa shape index (κ3) is 6.30. The van der Waals surface area contributed by atoms with E-state index in [2.05, 4.69) is 6.07 Å².